The van der Waals surface area contributed by atoms with Gasteiger partial charge in [0.2, 0.25) is 0 Å². The molecule has 3 aromatic rings. The van der Waals surface area contributed by atoms with E-state index in [1.807, 2.05) is 43.3 Å². The van der Waals surface area contributed by atoms with Crippen LogP contribution in [0.2, 0.25) is 0 Å². The van der Waals surface area contributed by atoms with Crippen LogP contribution >= 0.6 is 15.9 Å². The molecule has 1 aromatic carbocycles. The maximum atomic E-state index is 11.9. The first-order valence-corrected chi connectivity index (χ1v) is 7.69. The van der Waals surface area contributed by atoms with E-state index in [-0.39, 0.29) is 5.69 Å². The summed E-state index contributed by atoms with van der Waals surface area (Å²) in [6, 6.07) is 11.8. The predicted octanol–water partition coefficient (Wildman–Crippen LogP) is 3.64. The standard InChI is InChI=1S/C16H14BrN3O2/c1-3-22-16(21)14-13(17)15-18-12(9-10(2)20(15)19-14)11-7-5-4-6-8-11/h4-9H,3H2,1-2H3. The molecule has 0 bridgehead atoms. The molecule has 0 atom stereocenters. The molecule has 0 N–H and O–H groups in total. The minimum atomic E-state index is -0.458. The number of esters is 1. The Morgan fingerprint density at radius 3 is 2.73 bits per heavy atom. The lowest BCUT2D eigenvalue weighted by molar-refractivity contribution is 0.0518. The largest absolute Gasteiger partial charge is 0.461 e. The summed E-state index contributed by atoms with van der Waals surface area (Å²) in [5, 5.41) is 4.30. The van der Waals surface area contributed by atoms with E-state index in [9.17, 15) is 4.79 Å². The minimum absolute atomic E-state index is 0.239. The van der Waals surface area contributed by atoms with Crippen LogP contribution in [0.15, 0.2) is 40.9 Å². The average molecular weight is 360 g/mol. The van der Waals surface area contributed by atoms with Gasteiger partial charge in [-0.05, 0) is 35.8 Å². The Morgan fingerprint density at radius 2 is 2.05 bits per heavy atom. The lowest BCUT2D eigenvalue weighted by Gasteiger charge is -2.04. The Bertz CT molecular complexity index is 843. The van der Waals surface area contributed by atoms with Gasteiger partial charge < -0.3 is 4.74 Å². The molecular weight excluding hydrogens is 346 g/mol. The van der Waals surface area contributed by atoms with Crippen LogP contribution in [0.5, 0.6) is 0 Å². The molecule has 0 unspecified atom stereocenters. The third-order valence-corrected chi connectivity index (χ3v) is 3.98. The highest BCUT2D eigenvalue weighted by Gasteiger charge is 2.21. The molecule has 0 radical (unpaired) electrons. The van der Waals surface area contributed by atoms with Crippen molar-refractivity contribution in [2.45, 2.75) is 13.8 Å². The lowest BCUT2D eigenvalue weighted by atomic mass is 10.1. The number of rotatable bonds is 3. The van der Waals surface area contributed by atoms with E-state index < -0.39 is 5.97 Å². The SMILES string of the molecule is CCOC(=O)c1nn2c(C)cc(-c3ccccc3)nc2c1Br. The van der Waals surface area contributed by atoms with Gasteiger partial charge in [-0.1, -0.05) is 30.3 Å². The highest BCUT2D eigenvalue weighted by Crippen LogP contribution is 2.26. The molecule has 0 aliphatic rings. The van der Waals surface area contributed by atoms with Crippen LogP contribution < -0.4 is 0 Å². The zero-order valence-electron chi connectivity index (χ0n) is 12.2. The fraction of sp³-hybridized carbons (Fsp3) is 0.188. The summed E-state index contributed by atoms with van der Waals surface area (Å²) < 4.78 is 7.21. The Balaban J connectivity index is 2.18. The van der Waals surface area contributed by atoms with Crippen molar-refractivity contribution in [2.24, 2.45) is 0 Å². The molecule has 0 spiro atoms. The van der Waals surface area contributed by atoms with E-state index in [1.54, 1.807) is 11.4 Å². The van der Waals surface area contributed by atoms with E-state index in [4.69, 9.17) is 4.74 Å². The summed E-state index contributed by atoms with van der Waals surface area (Å²) in [4.78, 5) is 16.6. The number of ether oxygens (including phenoxy) is 1. The number of hydrogen-bond donors (Lipinski definition) is 0. The zero-order valence-corrected chi connectivity index (χ0v) is 13.8. The summed E-state index contributed by atoms with van der Waals surface area (Å²) in [7, 11) is 0. The number of aryl methyl sites for hydroxylation is 1. The van der Waals surface area contributed by atoms with Gasteiger partial charge in [-0.2, -0.15) is 5.10 Å². The number of hydrogen-bond acceptors (Lipinski definition) is 4. The maximum Gasteiger partial charge on any atom is 0.360 e. The smallest absolute Gasteiger partial charge is 0.360 e. The minimum Gasteiger partial charge on any atom is -0.461 e. The molecule has 5 nitrogen and oxygen atoms in total. The van der Waals surface area contributed by atoms with Crippen LogP contribution in [-0.4, -0.2) is 27.2 Å². The third kappa shape index (κ3) is 2.50. The van der Waals surface area contributed by atoms with Gasteiger partial charge in [-0.3, -0.25) is 0 Å². The number of nitrogens with zero attached hydrogens (tertiary/aromatic N) is 3. The molecule has 0 saturated heterocycles. The summed E-state index contributed by atoms with van der Waals surface area (Å²) >= 11 is 3.42. The first-order valence-electron chi connectivity index (χ1n) is 6.90. The van der Waals surface area contributed by atoms with Crippen LogP contribution in [0.25, 0.3) is 16.9 Å². The van der Waals surface area contributed by atoms with Crippen LogP contribution in [0, 0.1) is 6.92 Å². The quantitative estimate of drug-likeness (QED) is 0.669. The number of carbonyl (C=O) groups is 1. The third-order valence-electron chi connectivity index (χ3n) is 3.25. The number of fused-ring (bicyclic) bond motifs is 1. The lowest BCUT2D eigenvalue weighted by Crippen LogP contribution is -2.06. The van der Waals surface area contributed by atoms with Crippen molar-refractivity contribution in [3.63, 3.8) is 0 Å². The van der Waals surface area contributed by atoms with Crippen molar-refractivity contribution in [3.8, 4) is 11.3 Å². The monoisotopic (exact) mass is 359 g/mol. The van der Waals surface area contributed by atoms with Gasteiger partial charge in [0, 0.05) is 11.3 Å². The van der Waals surface area contributed by atoms with Gasteiger partial charge in [-0.15, -0.1) is 0 Å². The van der Waals surface area contributed by atoms with Crippen LogP contribution in [0.1, 0.15) is 23.1 Å². The highest BCUT2D eigenvalue weighted by molar-refractivity contribution is 9.10. The van der Waals surface area contributed by atoms with Crippen LogP contribution in [0.4, 0.5) is 0 Å². The van der Waals surface area contributed by atoms with Gasteiger partial charge in [0.15, 0.2) is 11.3 Å². The zero-order chi connectivity index (χ0) is 15.7. The second-order valence-corrected chi connectivity index (χ2v) is 5.56. The fourth-order valence-corrected chi connectivity index (χ4v) is 2.72. The number of aromatic nitrogens is 3. The van der Waals surface area contributed by atoms with Crippen molar-refractivity contribution >= 4 is 27.5 Å². The normalized spacial score (nSPS) is 10.9. The van der Waals surface area contributed by atoms with Gasteiger partial charge in [0.25, 0.3) is 0 Å². The summed E-state index contributed by atoms with van der Waals surface area (Å²) in [5.41, 5.74) is 3.57. The maximum absolute atomic E-state index is 11.9. The Kier molecular flexibility index (Phi) is 3.94. The summed E-state index contributed by atoms with van der Waals surface area (Å²) in [6.45, 7) is 3.99. The molecule has 112 valence electrons. The number of halogens is 1. The molecule has 2 aromatic heterocycles. The average Bonchev–Trinajstić information content (AvgIpc) is 2.86. The van der Waals surface area contributed by atoms with Crippen molar-refractivity contribution in [1.29, 1.82) is 0 Å². The van der Waals surface area contributed by atoms with Gasteiger partial charge in [0.1, 0.15) is 0 Å². The molecule has 0 fully saturated rings. The molecule has 6 heteroatoms. The van der Waals surface area contributed by atoms with Crippen molar-refractivity contribution in [2.75, 3.05) is 6.61 Å². The topological polar surface area (TPSA) is 56.5 Å². The van der Waals surface area contributed by atoms with Gasteiger partial charge >= 0.3 is 5.97 Å². The molecule has 0 saturated carbocycles. The molecule has 0 aliphatic heterocycles. The van der Waals surface area contributed by atoms with Crippen molar-refractivity contribution in [3.05, 3.63) is 52.3 Å². The highest BCUT2D eigenvalue weighted by atomic mass is 79.9. The van der Waals surface area contributed by atoms with Crippen LogP contribution in [-0.2, 0) is 4.74 Å². The Hall–Kier alpha value is -2.21. The molecule has 22 heavy (non-hydrogen) atoms. The first-order chi connectivity index (χ1) is 10.6. The van der Waals surface area contributed by atoms with E-state index in [2.05, 4.69) is 26.0 Å². The van der Waals surface area contributed by atoms with Gasteiger partial charge in [0.05, 0.1) is 16.8 Å². The predicted molar refractivity (Wildman–Crippen MR) is 86.8 cm³/mol. The number of carbonyl (C=O) groups excluding carboxylic acids is 1. The fourth-order valence-electron chi connectivity index (χ4n) is 2.22. The van der Waals surface area contributed by atoms with E-state index >= 15 is 0 Å². The van der Waals surface area contributed by atoms with E-state index in [0.717, 1.165) is 17.0 Å². The number of benzene rings is 1. The molecule has 0 aliphatic carbocycles. The molecule has 0 amide bonds. The van der Waals surface area contributed by atoms with E-state index in [0.29, 0.717) is 16.7 Å². The second kappa shape index (κ2) is 5.88. The first kappa shape index (κ1) is 14.7. The summed E-state index contributed by atoms with van der Waals surface area (Å²) in [6.07, 6.45) is 0. The second-order valence-electron chi connectivity index (χ2n) is 4.77. The van der Waals surface area contributed by atoms with Crippen molar-refractivity contribution in [1.82, 2.24) is 14.6 Å². The molecule has 3 rings (SSSR count). The Labute approximate surface area is 136 Å². The van der Waals surface area contributed by atoms with E-state index in [1.165, 1.54) is 0 Å². The summed E-state index contributed by atoms with van der Waals surface area (Å²) in [5.74, 6) is -0.458. The molecular formula is C16H14BrN3O2. The molecule has 2 heterocycles. The Morgan fingerprint density at radius 1 is 1.32 bits per heavy atom. The van der Waals surface area contributed by atoms with Crippen molar-refractivity contribution < 1.29 is 9.53 Å². The van der Waals surface area contributed by atoms with Gasteiger partial charge in [-0.25, -0.2) is 14.3 Å². The van der Waals surface area contributed by atoms with Crippen LogP contribution in [0.3, 0.4) is 0 Å².